The molecule has 2 aliphatic heterocycles. The molecule has 2 saturated heterocycles. The third-order valence-electron chi connectivity index (χ3n) is 2.11. The number of carbonyl (C=O) groups is 1. The molecule has 2 fully saturated rings. The van der Waals surface area contributed by atoms with Crippen molar-refractivity contribution < 1.29 is 9.53 Å². The molecule has 0 bridgehead atoms. The van der Waals surface area contributed by atoms with Crippen LogP contribution in [0.1, 0.15) is 13.3 Å². The van der Waals surface area contributed by atoms with Crippen molar-refractivity contribution >= 4 is 5.91 Å². The number of piperidine rings is 1. The molecule has 3 atom stereocenters. The van der Waals surface area contributed by atoms with Gasteiger partial charge in [-0.05, 0) is 13.0 Å². The predicted molar refractivity (Wildman–Crippen MR) is 38.9 cm³/mol. The van der Waals surface area contributed by atoms with Crippen LogP contribution >= 0.6 is 0 Å². The summed E-state index contributed by atoms with van der Waals surface area (Å²) in [5, 5.41) is 6.05. The van der Waals surface area contributed by atoms with E-state index in [-0.39, 0.29) is 24.3 Å². The number of carbonyl (C=O) groups excluding carboxylic acids is 1. The molecule has 2 heterocycles. The third-order valence-corrected chi connectivity index (χ3v) is 2.11. The van der Waals surface area contributed by atoms with Crippen LogP contribution in [0.25, 0.3) is 0 Å². The molecule has 4 heteroatoms. The highest BCUT2D eigenvalue weighted by atomic mass is 16.6. The molecular formula is C7H12N2O2. The van der Waals surface area contributed by atoms with Crippen LogP contribution in [0.5, 0.6) is 0 Å². The number of rotatable bonds is 1. The second-order valence-corrected chi connectivity index (χ2v) is 3.07. The maximum atomic E-state index is 10.7. The minimum atomic E-state index is 0.0335. The van der Waals surface area contributed by atoms with Crippen LogP contribution in [0, 0.1) is 0 Å². The van der Waals surface area contributed by atoms with Gasteiger partial charge in [-0.1, -0.05) is 0 Å². The Kier molecular flexibility index (Phi) is 1.58. The van der Waals surface area contributed by atoms with E-state index in [2.05, 4.69) is 10.6 Å². The summed E-state index contributed by atoms with van der Waals surface area (Å²) in [7, 11) is 0. The van der Waals surface area contributed by atoms with E-state index in [1.807, 2.05) is 0 Å². The number of ether oxygens (including phenoxy) is 1. The first kappa shape index (κ1) is 7.06. The zero-order valence-corrected chi connectivity index (χ0v) is 6.46. The molecule has 2 rings (SSSR count). The summed E-state index contributed by atoms with van der Waals surface area (Å²) in [4.78, 5) is 10.7. The quantitative estimate of drug-likeness (QED) is 0.489. The van der Waals surface area contributed by atoms with Gasteiger partial charge in [0, 0.05) is 6.92 Å². The van der Waals surface area contributed by atoms with Crippen LogP contribution in [-0.2, 0) is 9.53 Å². The van der Waals surface area contributed by atoms with Gasteiger partial charge >= 0.3 is 0 Å². The minimum absolute atomic E-state index is 0.0335. The molecule has 4 nitrogen and oxygen atoms in total. The second kappa shape index (κ2) is 2.46. The molecule has 0 saturated carbocycles. The van der Waals surface area contributed by atoms with Crippen molar-refractivity contribution in [3.63, 3.8) is 0 Å². The number of nitrogens with one attached hydrogen (secondary N) is 2. The Hall–Kier alpha value is -0.610. The summed E-state index contributed by atoms with van der Waals surface area (Å²) in [6.45, 7) is 2.48. The van der Waals surface area contributed by atoms with Gasteiger partial charge in [-0.3, -0.25) is 10.1 Å². The van der Waals surface area contributed by atoms with Crippen LogP contribution in [0.15, 0.2) is 0 Å². The van der Waals surface area contributed by atoms with Crippen molar-refractivity contribution in [2.45, 2.75) is 31.7 Å². The summed E-state index contributed by atoms with van der Waals surface area (Å²) < 4.78 is 5.27. The first-order valence-corrected chi connectivity index (χ1v) is 3.93. The van der Waals surface area contributed by atoms with Gasteiger partial charge in [-0.15, -0.1) is 0 Å². The average Bonchev–Trinajstić information content (AvgIpc) is 2.65. The van der Waals surface area contributed by atoms with Gasteiger partial charge < -0.3 is 10.1 Å². The van der Waals surface area contributed by atoms with Crippen LogP contribution in [-0.4, -0.2) is 30.8 Å². The summed E-state index contributed by atoms with van der Waals surface area (Å²) >= 11 is 0. The highest BCUT2D eigenvalue weighted by Crippen LogP contribution is 2.27. The molecular weight excluding hydrogens is 144 g/mol. The molecule has 11 heavy (non-hydrogen) atoms. The lowest BCUT2D eigenvalue weighted by Gasteiger charge is -2.19. The van der Waals surface area contributed by atoms with E-state index in [1.165, 1.54) is 0 Å². The number of hydrogen-bond donors (Lipinski definition) is 2. The summed E-state index contributed by atoms with van der Waals surface area (Å²) in [5.74, 6) is 0.0335. The van der Waals surface area contributed by atoms with Crippen molar-refractivity contribution in [1.82, 2.24) is 10.6 Å². The van der Waals surface area contributed by atoms with Gasteiger partial charge in [-0.25, -0.2) is 0 Å². The number of epoxide rings is 1. The lowest BCUT2D eigenvalue weighted by atomic mass is 10.1. The Bertz CT molecular complexity index is 183. The number of hydrogen-bond acceptors (Lipinski definition) is 3. The summed E-state index contributed by atoms with van der Waals surface area (Å²) in [5.41, 5.74) is 0. The topological polar surface area (TPSA) is 53.7 Å². The smallest absolute Gasteiger partial charge is 0.217 e. The molecule has 1 amide bonds. The van der Waals surface area contributed by atoms with Crippen LogP contribution in [0.3, 0.4) is 0 Å². The van der Waals surface area contributed by atoms with E-state index in [0.717, 1.165) is 13.0 Å². The monoisotopic (exact) mass is 156 g/mol. The lowest BCUT2D eigenvalue weighted by molar-refractivity contribution is -0.119. The molecule has 62 valence electrons. The van der Waals surface area contributed by atoms with Crippen molar-refractivity contribution in [2.75, 3.05) is 6.54 Å². The Labute approximate surface area is 65.3 Å². The SMILES string of the molecule is CC(=O)NC1CCNC2OC12. The Balaban J connectivity index is 1.88. The standard InChI is InChI=1S/C7H12N2O2/c1-4(10)9-5-2-3-8-7-6(5)11-7/h5-8H,2-3H2,1H3,(H,9,10). The Morgan fingerprint density at radius 2 is 2.55 bits per heavy atom. The van der Waals surface area contributed by atoms with Crippen molar-refractivity contribution in [3.05, 3.63) is 0 Å². The molecule has 0 radical (unpaired) electrons. The summed E-state index contributed by atoms with van der Waals surface area (Å²) in [6, 6.07) is 0.235. The van der Waals surface area contributed by atoms with E-state index in [4.69, 9.17) is 4.74 Å². The molecule has 0 aromatic rings. The molecule has 2 N–H and O–H groups in total. The van der Waals surface area contributed by atoms with E-state index in [9.17, 15) is 4.79 Å². The molecule has 0 aliphatic carbocycles. The fourth-order valence-corrected chi connectivity index (χ4v) is 1.55. The first-order chi connectivity index (χ1) is 5.27. The van der Waals surface area contributed by atoms with E-state index in [0.29, 0.717) is 0 Å². The zero-order chi connectivity index (χ0) is 7.84. The van der Waals surface area contributed by atoms with Gasteiger partial charge in [0.25, 0.3) is 0 Å². The van der Waals surface area contributed by atoms with E-state index in [1.54, 1.807) is 6.92 Å². The molecule has 3 unspecified atom stereocenters. The third kappa shape index (κ3) is 1.36. The normalized spacial score (nSPS) is 41.0. The number of amides is 1. The molecule has 0 aromatic heterocycles. The number of fused-ring (bicyclic) bond motifs is 1. The molecule has 0 spiro atoms. The van der Waals surface area contributed by atoms with Gasteiger partial charge in [-0.2, -0.15) is 0 Å². The molecule has 0 aromatic carbocycles. The lowest BCUT2D eigenvalue weighted by Crippen LogP contribution is -2.45. The summed E-state index contributed by atoms with van der Waals surface area (Å²) in [6.07, 6.45) is 1.41. The predicted octanol–water partition coefficient (Wildman–Crippen LogP) is -0.791. The maximum absolute atomic E-state index is 10.7. The van der Waals surface area contributed by atoms with Crippen LogP contribution in [0.4, 0.5) is 0 Å². The molecule has 2 aliphatic rings. The van der Waals surface area contributed by atoms with Crippen LogP contribution < -0.4 is 10.6 Å². The van der Waals surface area contributed by atoms with Gasteiger partial charge in [0.1, 0.15) is 12.3 Å². The van der Waals surface area contributed by atoms with Gasteiger partial charge in [0.05, 0.1) is 6.04 Å². The van der Waals surface area contributed by atoms with Gasteiger partial charge in [0.2, 0.25) is 5.91 Å². The van der Waals surface area contributed by atoms with E-state index < -0.39 is 0 Å². The average molecular weight is 156 g/mol. The van der Waals surface area contributed by atoms with Crippen molar-refractivity contribution in [1.29, 1.82) is 0 Å². The zero-order valence-electron chi connectivity index (χ0n) is 6.46. The second-order valence-electron chi connectivity index (χ2n) is 3.07. The maximum Gasteiger partial charge on any atom is 0.217 e. The fourth-order valence-electron chi connectivity index (χ4n) is 1.55. The van der Waals surface area contributed by atoms with Crippen LogP contribution in [0.2, 0.25) is 0 Å². The highest BCUT2D eigenvalue weighted by Gasteiger charge is 2.47. The van der Waals surface area contributed by atoms with Crippen molar-refractivity contribution in [2.24, 2.45) is 0 Å². The first-order valence-electron chi connectivity index (χ1n) is 3.93. The largest absolute Gasteiger partial charge is 0.351 e. The van der Waals surface area contributed by atoms with Crippen molar-refractivity contribution in [3.8, 4) is 0 Å². The van der Waals surface area contributed by atoms with E-state index >= 15 is 0 Å². The fraction of sp³-hybridized carbons (Fsp3) is 0.857. The minimum Gasteiger partial charge on any atom is -0.351 e. The van der Waals surface area contributed by atoms with Gasteiger partial charge in [0.15, 0.2) is 0 Å². The Morgan fingerprint density at radius 1 is 1.73 bits per heavy atom. The Morgan fingerprint density at radius 3 is 3.27 bits per heavy atom. The highest BCUT2D eigenvalue weighted by molar-refractivity contribution is 5.73.